The molecule has 1 saturated carbocycles. The van der Waals surface area contributed by atoms with Crippen LogP contribution in [0.5, 0.6) is 0 Å². The van der Waals surface area contributed by atoms with Crippen molar-refractivity contribution in [2.24, 2.45) is 0 Å². The van der Waals surface area contributed by atoms with E-state index in [1.165, 1.54) is 0 Å². The summed E-state index contributed by atoms with van der Waals surface area (Å²) in [5, 5.41) is 29.4. The van der Waals surface area contributed by atoms with E-state index >= 15 is 0 Å². The molecule has 0 aromatic carbocycles. The van der Waals surface area contributed by atoms with Crippen LogP contribution in [-0.4, -0.2) is 59.3 Å². The molecule has 3 rings (SSSR count). The quantitative estimate of drug-likeness (QED) is 0.433. The molecule has 6 N–H and O–H groups in total. The summed E-state index contributed by atoms with van der Waals surface area (Å²) < 4.78 is 15.3. The number of hydrogen-bond acceptors (Lipinski definition) is 7. The number of H-pyrrole nitrogens is 1. The van der Waals surface area contributed by atoms with Crippen LogP contribution in [0.2, 0.25) is 0 Å². The number of aliphatic hydroxyl groups excluding tert-OH is 2. The number of aromatic nitrogens is 4. The Morgan fingerprint density at radius 1 is 1.62 bits per heavy atom. The van der Waals surface area contributed by atoms with Gasteiger partial charge in [0.15, 0.2) is 11.2 Å². The Morgan fingerprint density at radius 2 is 2.33 bits per heavy atom. The molecule has 0 bridgehead atoms. The van der Waals surface area contributed by atoms with Crippen molar-refractivity contribution in [2.75, 3.05) is 12.3 Å². The second-order valence-electron chi connectivity index (χ2n) is 5.14. The van der Waals surface area contributed by atoms with Crippen LogP contribution in [0.4, 0.5) is 10.3 Å². The lowest BCUT2D eigenvalue weighted by Gasteiger charge is -2.31. The molecule has 1 aliphatic carbocycles. The highest BCUT2D eigenvalue weighted by molar-refractivity contribution is 5.70. The fourth-order valence-corrected chi connectivity index (χ4v) is 2.82. The maximum absolute atomic E-state index is 14.2. The van der Waals surface area contributed by atoms with Crippen molar-refractivity contribution in [1.29, 1.82) is 0 Å². The van der Waals surface area contributed by atoms with Gasteiger partial charge in [-0.05, 0) is 0 Å². The third-order valence-corrected chi connectivity index (χ3v) is 3.88. The normalized spacial score (nSPS) is 32.9. The molecule has 0 saturated heterocycles. The Hall–Kier alpha value is -2.04. The zero-order valence-electron chi connectivity index (χ0n) is 10.8. The first-order valence-electron chi connectivity index (χ1n) is 6.26. The van der Waals surface area contributed by atoms with Crippen molar-refractivity contribution in [1.82, 2.24) is 19.5 Å². The molecule has 2 heterocycles. The highest BCUT2D eigenvalue weighted by Crippen LogP contribution is 2.42. The predicted octanol–water partition coefficient (Wildman–Crippen LogP) is -1.93. The minimum absolute atomic E-state index is 0.0233. The second-order valence-corrected chi connectivity index (χ2v) is 5.14. The molecular formula is C11H14FN5O4. The molecule has 0 spiro atoms. The molecule has 0 amide bonds. The van der Waals surface area contributed by atoms with Crippen molar-refractivity contribution in [3.8, 4) is 0 Å². The van der Waals surface area contributed by atoms with E-state index in [0.717, 1.165) is 10.9 Å². The lowest BCUT2D eigenvalue weighted by Crippen LogP contribution is -2.48. The number of fused-ring (bicyclic) bond motifs is 1. The van der Waals surface area contributed by atoms with Gasteiger partial charge in [0, 0.05) is 6.42 Å². The van der Waals surface area contributed by atoms with Gasteiger partial charge in [-0.3, -0.25) is 9.78 Å². The molecule has 10 heteroatoms. The molecule has 2 aromatic heterocycles. The monoisotopic (exact) mass is 299 g/mol. The van der Waals surface area contributed by atoms with E-state index in [4.69, 9.17) is 5.73 Å². The molecule has 1 fully saturated rings. The molecule has 2 unspecified atom stereocenters. The topological polar surface area (TPSA) is 150 Å². The zero-order chi connectivity index (χ0) is 15.4. The van der Waals surface area contributed by atoms with E-state index in [0.29, 0.717) is 0 Å². The number of alkyl halides is 1. The van der Waals surface area contributed by atoms with Crippen LogP contribution in [0.25, 0.3) is 11.2 Å². The van der Waals surface area contributed by atoms with Crippen LogP contribution in [0, 0.1) is 0 Å². The van der Waals surface area contributed by atoms with Crippen LogP contribution < -0.4 is 11.3 Å². The summed E-state index contributed by atoms with van der Waals surface area (Å²) >= 11 is 0. The van der Waals surface area contributed by atoms with Gasteiger partial charge in [-0.1, -0.05) is 0 Å². The Balaban J connectivity index is 2.22. The fraction of sp³-hybridized carbons (Fsp3) is 0.545. The van der Waals surface area contributed by atoms with Gasteiger partial charge in [0.25, 0.3) is 5.56 Å². The number of rotatable bonds is 2. The first kappa shape index (κ1) is 13.9. The molecular weight excluding hydrogens is 285 g/mol. The summed E-state index contributed by atoms with van der Waals surface area (Å²) in [6.45, 7) is -0.850. The van der Waals surface area contributed by atoms with Gasteiger partial charge in [-0.25, -0.2) is 9.37 Å². The number of anilines is 1. The minimum Gasteiger partial charge on any atom is -0.393 e. The second kappa shape index (κ2) is 4.48. The Morgan fingerprint density at radius 3 is 3.00 bits per heavy atom. The van der Waals surface area contributed by atoms with Crippen LogP contribution in [0.1, 0.15) is 12.5 Å². The smallest absolute Gasteiger partial charge is 0.280 e. The van der Waals surface area contributed by atoms with E-state index in [-0.39, 0.29) is 23.5 Å². The Labute approximate surface area is 116 Å². The average molecular weight is 299 g/mol. The molecule has 9 nitrogen and oxygen atoms in total. The lowest BCUT2D eigenvalue weighted by molar-refractivity contribution is -0.109. The van der Waals surface area contributed by atoms with Crippen LogP contribution in [0.15, 0.2) is 11.1 Å². The maximum Gasteiger partial charge on any atom is 0.280 e. The van der Waals surface area contributed by atoms with Gasteiger partial charge in [-0.2, -0.15) is 4.98 Å². The van der Waals surface area contributed by atoms with E-state index in [1.54, 1.807) is 0 Å². The van der Waals surface area contributed by atoms with Crippen molar-refractivity contribution >= 4 is 17.1 Å². The van der Waals surface area contributed by atoms with Gasteiger partial charge in [0.05, 0.1) is 19.0 Å². The van der Waals surface area contributed by atoms with E-state index < -0.39 is 36.1 Å². The number of halogens is 1. The maximum atomic E-state index is 14.2. The summed E-state index contributed by atoms with van der Waals surface area (Å²) in [7, 11) is 0. The highest BCUT2D eigenvalue weighted by atomic mass is 19.1. The summed E-state index contributed by atoms with van der Waals surface area (Å²) in [6, 6.07) is -1.32. The zero-order valence-corrected chi connectivity index (χ0v) is 10.8. The van der Waals surface area contributed by atoms with Gasteiger partial charge in [-0.15, -0.1) is 0 Å². The van der Waals surface area contributed by atoms with Crippen LogP contribution in [0.3, 0.4) is 0 Å². The molecule has 2 aromatic rings. The van der Waals surface area contributed by atoms with Crippen LogP contribution in [-0.2, 0) is 0 Å². The number of nitrogens with zero attached hydrogens (tertiary/aromatic N) is 3. The van der Waals surface area contributed by atoms with Gasteiger partial charge >= 0.3 is 0 Å². The van der Waals surface area contributed by atoms with E-state index in [1.807, 2.05) is 0 Å². The fourth-order valence-electron chi connectivity index (χ4n) is 2.82. The number of nitrogens with two attached hydrogens (primary N) is 1. The first-order valence-corrected chi connectivity index (χ1v) is 6.26. The van der Waals surface area contributed by atoms with Gasteiger partial charge in [0.1, 0.15) is 17.8 Å². The third-order valence-electron chi connectivity index (χ3n) is 3.88. The number of nitrogens with one attached hydrogen (secondary N) is 1. The molecule has 0 aliphatic heterocycles. The number of nitrogen functional groups attached to an aromatic ring is 1. The number of aliphatic hydroxyl groups is 3. The third kappa shape index (κ3) is 1.83. The van der Waals surface area contributed by atoms with Gasteiger partial charge < -0.3 is 25.6 Å². The lowest BCUT2D eigenvalue weighted by atomic mass is 9.96. The summed E-state index contributed by atoms with van der Waals surface area (Å²) in [5.41, 5.74) is 2.67. The van der Waals surface area contributed by atoms with Crippen molar-refractivity contribution < 1.29 is 19.7 Å². The number of aromatic amines is 1. The highest BCUT2D eigenvalue weighted by Gasteiger charge is 2.55. The largest absolute Gasteiger partial charge is 0.393 e. The average Bonchev–Trinajstić information content (AvgIpc) is 2.90. The predicted molar refractivity (Wildman–Crippen MR) is 69.2 cm³/mol. The molecule has 4 atom stereocenters. The molecule has 1 aliphatic rings. The van der Waals surface area contributed by atoms with Crippen LogP contribution >= 0.6 is 0 Å². The van der Waals surface area contributed by atoms with Gasteiger partial charge in [0.2, 0.25) is 5.95 Å². The first-order chi connectivity index (χ1) is 9.88. The number of hydrogen-bond donors (Lipinski definition) is 5. The summed E-state index contributed by atoms with van der Waals surface area (Å²) in [6.07, 6.45) is -2.31. The Kier molecular flexibility index (Phi) is 2.97. The van der Waals surface area contributed by atoms with Crippen molar-refractivity contribution in [3.63, 3.8) is 0 Å². The Bertz CT molecular complexity index is 746. The SMILES string of the molecule is Nc1nc2c(ncn2[C@H]2[C@@H](F)CC(O)C2(O)CO)c(=O)[nH]1. The van der Waals surface area contributed by atoms with Crippen molar-refractivity contribution in [2.45, 2.75) is 30.3 Å². The molecule has 0 radical (unpaired) electrons. The summed E-state index contributed by atoms with van der Waals surface area (Å²) in [5.74, 6) is -0.184. The van der Waals surface area contributed by atoms with Crippen molar-refractivity contribution in [3.05, 3.63) is 16.7 Å². The standard InChI is InChI=1S/C11H14FN5O4/c12-4-1-5(19)11(21,2-18)7(4)17-3-14-6-8(17)15-10(13)16-9(6)20/h3-5,7,18-19,21H,1-2H2,(H3,13,15,16,20)/t4-,5?,7-,11?/m0/s1. The summed E-state index contributed by atoms with van der Waals surface area (Å²) in [4.78, 5) is 21.7. The minimum atomic E-state index is -2.09. The van der Waals surface area contributed by atoms with E-state index in [2.05, 4.69) is 15.0 Å². The number of imidazole rings is 1. The molecule has 114 valence electrons. The van der Waals surface area contributed by atoms with E-state index in [9.17, 15) is 24.5 Å². The molecule has 21 heavy (non-hydrogen) atoms.